The average Bonchev–Trinajstić information content (AvgIpc) is 2.02. The van der Waals surface area contributed by atoms with Crippen LogP contribution in [0.5, 0.6) is 0 Å². The number of rotatable bonds is 2. The van der Waals surface area contributed by atoms with Crippen molar-refractivity contribution in [2.24, 2.45) is 0 Å². The topological polar surface area (TPSA) is 35.0 Å². The zero-order valence-electron chi connectivity index (χ0n) is 7.74. The molecule has 1 aromatic rings. The Morgan fingerprint density at radius 3 is 3.56 bits per heavy atom. The first-order valence-electron chi connectivity index (χ1n) is 3.97. The van der Waals surface area contributed by atoms with Crippen molar-refractivity contribution in [1.82, 2.24) is 9.97 Å². The molecule has 9 heavy (non-hydrogen) atoms. The zero-order valence-corrected chi connectivity index (χ0v) is 4.74. The van der Waals surface area contributed by atoms with Gasteiger partial charge >= 0.3 is 0 Å². The minimum atomic E-state index is -2.36. The molecule has 1 heterocycles. The Morgan fingerprint density at radius 2 is 2.89 bits per heavy atom. The molecule has 0 saturated carbocycles. The summed E-state index contributed by atoms with van der Waals surface area (Å²) in [7, 11) is -2.36. The van der Waals surface area contributed by atoms with E-state index in [4.69, 9.17) is 4.11 Å². The Morgan fingerprint density at radius 1 is 1.89 bits per heavy atom. The molecule has 0 spiro atoms. The van der Waals surface area contributed by atoms with Gasteiger partial charge in [-0.25, -0.2) is 9.97 Å². The van der Waals surface area contributed by atoms with E-state index in [9.17, 15) is 0 Å². The molecule has 48 valence electrons. The van der Waals surface area contributed by atoms with Crippen LogP contribution in [0, 0.1) is 0 Å². The Hall–Kier alpha value is -0.960. The van der Waals surface area contributed by atoms with E-state index in [1.54, 1.807) is 6.07 Å². The maximum Gasteiger partial charge on any atom is 0.115 e. The number of aromatic nitrogens is 2. The standard InChI is InChI=1S/C6H8N2O/c1-9-4-6-2-3-7-5-8-6/h2-3,5H,4H2,1H3/i1D3. The average molecular weight is 127 g/mol. The molecule has 0 bridgehead atoms. The van der Waals surface area contributed by atoms with Gasteiger partial charge in [0.15, 0.2) is 0 Å². The number of hydrogen-bond donors (Lipinski definition) is 0. The second-order valence-corrected chi connectivity index (χ2v) is 1.49. The lowest BCUT2D eigenvalue weighted by Crippen LogP contribution is -1.90. The van der Waals surface area contributed by atoms with Gasteiger partial charge in [0.25, 0.3) is 0 Å². The Balaban J connectivity index is 2.44. The summed E-state index contributed by atoms with van der Waals surface area (Å²) in [6.07, 6.45) is 2.88. The number of hydrogen-bond acceptors (Lipinski definition) is 3. The molecule has 0 saturated heterocycles. The maximum absolute atomic E-state index is 6.75. The van der Waals surface area contributed by atoms with Gasteiger partial charge < -0.3 is 4.74 Å². The largest absolute Gasteiger partial charge is 0.378 e. The molecule has 0 radical (unpaired) electrons. The van der Waals surface area contributed by atoms with E-state index in [2.05, 4.69) is 14.7 Å². The van der Waals surface area contributed by atoms with Gasteiger partial charge in [0.05, 0.1) is 16.4 Å². The second-order valence-electron chi connectivity index (χ2n) is 1.49. The maximum atomic E-state index is 6.75. The Labute approximate surface area is 57.9 Å². The van der Waals surface area contributed by atoms with Crippen LogP contribution >= 0.6 is 0 Å². The minimum absolute atomic E-state index is 0.0149. The fourth-order valence-corrected chi connectivity index (χ4v) is 0.477. The summed E-state index contributed by atoms with van der Waals surface area (Å²) in [6.45, 7) is -0.0149. The third-order valence-corrected chi connectivity index (χ3v) is 0.863. The second kappa shape index (κ2) is 3.14. The summed E-state index contributed by atoms with van der Waals surface area (Å²) in [6, 6.07) is 1.60. The highest BCUT2D eigenvalue weighted by Crippen LogP contribution is 1.90. The molecule has 0 N–H and O–H groups in total. The molecule has 0 unspecified atom stereocenters. The fourth-order valence-electron chi connectivity index (χ4n) is 0.477. The molecular formula is C6H8N2O. The molecule has 0 fully saturated rings. The van der Waals surface area contributed by atoms with Crippen LogP contribution in [0.3, 0.4) is 0 Å². The van der Waals surface area contributed by atoms with Crippen LogP contribution < -0.4 is 0 Å². The van der Waals surface area contributed by atoms with E-state index in [0.29, 0.717) is 5.69 Å². The molecule has 0 amide bonds. The van der Waals surface area contributed by atoms with Crippen molar-refractivity contribution in [2.75, 3.05) is 7.04 Å². The molecule has 0 atom stereocenters. The van der Waals surface area contributed by atoms with Crippen LogP contribution in [-0.2, 0) is 11.3 Å². The molecule has 0 aliphatic heterocycles. The lowest BCUT2D eigenvalue weighted by atomic mass is 10.4. The SMILES string of the molecule is [2H]C([2H])([2H])OCc1ccncn1. The summed E-state index contributed by atoms with van der Waals surface area (Å²) >= 11 is 0. The van der Waals surface area contributed by atoms with Crippen LogP contribution in [-0.4, -0.2) is 17.0 Å². The van der Waals surface area contributed by atoms with Crippen molar-refractivity contribution in [3.05, 3.63) is 24.3 Å². The summed E-state index contributed by atoms with van der Waals surface area (Å²) in [4.78, 5) is 7.48. The first-order valence-corrected chi connectivity index (χ1v) is 2.47. The zero-order chi connectivity index (χ0) is 9.03. The van der Waals surface area contributed by atoms with Gasteiger partial charge in [-0.3, -0.25) is 0 Å². The van der Waals surface area contributed by atoms with Gasteiger partial charge in [0.1, 0.15) is 6.33 Å². The highest BCUT2D eigenvalue weighted by molar-refractivity contribution is 4.95. The first-order chi connectivity index (χ1) is 5.58. The number of methoxy groups -OCH3 is 1. The number of nitrogens with zero attached hydrogens (tertiary/aromatic N) is 2. The van der Waals surface area contributed by atoms with Gasteiger partial charge in [-0.15, -0.1) is 0 Å². The van der Waals surface area contributed by atoms with Crippen LogP contribution in [0.2, 0.25) is 0 Å². The number of ether oxygens (including phenoxy) is 1. The van der Waals surface area contributed by atoms with E-state index in [1.807, 2.05) is 0 Å². The predicted molar refractivity (Wildman–Crippen MR) is 32.7 cm³/mol. The summed E-state index contributed by atoms with van der Waals surface area (Å²) in [5.74, 6) is 0. The van der Waals surface area contributed by atoms with Crippen LogP contribution in [0.4, 0.5) is 0 Å². The first kappa shape index (κ1) is 3.27. The minimum Gasteiger partial charge on any atom is -0.378 e. The summed E-state index contributed by atoms with van der Waals surface area (Å²) in [5, 5.41) is 0. The van der Waals surface area contributed by atoms with Gasteiger partial charge in [-0.05, 0) is 6.07 Å². The van der Waals surface area contributed by atoms with Gasteiger partial charge in [0.2, 0.25) is 0 Å². The van der Waals surface area contributed by atoms with E-state index < -0.39 is 7.04 Å². The van der Waals surface area contributed by atoms with Crippen molar-refractivity contribution >= 4 is 0 Å². The highest BCUT2D eigenvalue weighted by Gasteiger charge is 1.87. The Bertz CT molecular complexity index is 236. The van der Waals surface area contributed by atoms with Crippen LogP contribution in [0.25, 0.3) is 0 Å². The van der Waals surface area contributed by atoms with Crippen molar-refractivity contribution < 1.29 is 8.85 Å². The third kappa shape index (κ3) is 1.77. The molecule has 0 aliphatic rings. The summed E-state index contributed by atoms with van der Waals surface area (Å²) < 4.78 is 24.8. The monoisotopic (exact) mass is 127 g/mol. The van der Waals surface area contributed by atoms with Crippen molar-refractivity contribution in [1.29, 1.82) is 0 Å². The molecule has 3 heteroatoms. The quantitative estimate of drug-likeness (QED) is 0.584. The molecule has 0 aromatic carbocycles. The molecule has 0 aliphatic carbocycles. The molecule has 1 aromatic heterocycles. The van der Waals surface area contributed by atoms with E-state index in [-0.39, 0.29) is 6.61 Å². The normalized spacial score (nSPS) is 15.8. The van der Waals surface area contributed by atoms with Gasteiger partial charge in [0, 0.05) is 13.2 Å². The highest BCUT2D eigenvalue weighted by atomic mass is 16.5. The third-order valence-electron chi connectivity index (χ3n) is 0.863. The lowest BCUT2D eigenvalue weighted by molar-refractivity contribution is 0.181. The van der Waals surface area contributed by atoms with Crippen molar-refractivity contribution in [3.8, 4) is 0 Å². The van der Waals surface area contributed by atoms with Crippen molar-refractivity contribution in [3.63, 3.8) is 0 Å². The van der Waals surface area contributed by atoms with E-state index in [0.717, 1.165) is 0 Å². The van der Waals surface area contributed by atoms with Crippen LogP contribution in [0.1, 0.15) is 9.81 Å². The Kier molecular flexibility index (Phi) is 1.14. The smallest absolute Gasteiger partial charge is 0.115 e. The van der Waals surface area contributed by atoms with E-state index in [1.165, 1.54) is 12.5 Å². The fraction of sp³-hybridized carbons (Fsp3) is 0.333. The van der Waals surface area contributed by atoms with Gasteiger partial charge in [-0.1, -0.05) is 0 Å². The summed E-state index contributed by atoms with van der Waals surface area (Å²) in [5.41, 5.74) is 0.557. The molecule has 3 nitrogen and oxygen atoms in total. The molecular weight excluding hydrogens is 116 g/mol. The molecule has 1 rings (SSSR count). The lowest BCUT2D eigenvalue weighted by Gasteiger charge is -1.93. The van der Waals surface area contributed by atoms with E-state index >= 15 is 0 Å². The van der Waals surface area contributed by atoms with Crippen molar-refractivity contribution in [2.45, 2.75) is 6.61 Å². The van der Waals surface area contributed by atoms with Gasteiger partial charge in [-0.2, -0.15) is 0 Å². The predicted octanol–water partition coefficient (Wildman–Crippen LogP) is 0.623. The van der Waals surface area contributed by atoms with Crippen LogP contribution in [0.15, 0.2) is 18.6 Å².